The lowest BCUT2D eigenvalue weighted by molar-refractivity contribution is -0.107. The molecule has 1 spiro atoms. The van der Waals surface area contributed by atoms with Gasteiger partial charge in [0.1, 0.15) is 0 Å². The van der Waals surface area contributed by atoms with Crippen molar-refractivity contribution in [3.8, 4) is 0 Å². The second-order valence-electron chi connectivity index (χ2n) is 6.69. The maximum absolute atomic E-state index is 12.6. The molecule has 1 unspecified atom stereocenters. The van der Waals surface area contributed by atoms with Crippen molar-refractivity contribution in [1.82, 2.24) is 19.7 Å². The van der Waals surface area contributed by atoms with Gasteiger partial charge in [0.2, 0.25) is 0 Å². The van der Waals surface area contributed by atoms with Crippen LogP contribution in [0.3, 0.4) is 0 Å². The van der Waals surface area contributed by atoms with Crippen molar-refractivity contribution in [2.45, 2.75) is 56.6 Å². The van der Waals surface area contributed by atoms with Crippen LogP contribution in [0.25, 0.3) is 5.65 Å². The Bertz CT molecular complexity index is 700. The second-order valence-corrected chi connectivity index (χ2v) is 6.69. The third-order valence-corrected chi connectivity index (χ3v) is 5.12. The fraction of sp³-hybridized carbons (Fsp3) is 0.588. The molecule has 23 heavy (non-hydrogen) atoms. The molecule has 1 N–H and O–H groups in total. The van der Waals surface area contributed by atoms with Crippen LogP contribution >= 0.6 is 0 Å². The Morgan fingerprint density at radius 1 is 1.22 bits per heavy atom. The summed E-state index contributed by atoms with van der Waals surface area (Å²) in [6.07, 6.45) is 14.7. The highest BCUT2D eigenvalue weighted by Crippen LogP contribution is 2.38. The minimum atomic E-state index is -0.139. The molecule has 3 heterocycles. The maximum Gasteiger partial charge on any atom is 0.273 e. The Morgan fingerprint density at radius 3 is 2.83 bits per heavy atom. The summed E-state index contributed by atoms with van der Waals surface area (Å²) in [6, 6.07) is 0.159. The van der Waals surface area contributed by atoms with Gasteiger partial charge >= 0.3 is 0 Å². The van der Waals surface area contributed by atoms with E-state index in [1.807, 2.05) is 10.6 Å². The lowest BCUT2D eigenvalue weighted by Crippen LogP contribution is -2.49. The van der Waals surface area contributed by atoms with Crippen LogP contribution in [0.5, 0.6) is 0 Å². The molecule has 1 aliphatic heterocycles. The highest BCUT2D eigenvalue weighted by atomic mass is 16.5. The van der Waals surface area contributed by atoms with Crippen LogP contribution in [-0.2, 0) is 4.74 Å². The summed E-state index contributed by atoms with van der Waals surface area (Å²) >= 11 is 0. The molecule has 1 aliphatic carbocycles. The number of ether oxygens (including phenoxy) is 1. The Labute approximate surface area is 135 Å². The fourth-order valence-corrected chi connectivity index (χ4v) is 3.96. The molecule has 2 aromatic heterocycles. The number of hydrogen-bond donors (Lipinski definition) is 1. The summed E-state index contributed by atoms with van der Waals surface area (Å²) in [6.45, 7) is 0.728. The molecule has 6 nitrogen and oxygen atoms in total. The van der Waals surface area contributed by atoms with Crippen LogP contribution in [0.15, 0.2) is 24.8 Å². The molecule has 0 radical (unpaired) electrons. The number of rotatable bonds is 2. The number of carbonyl (C=O) groups is 1. The van der Waals surface area contributed by atoms with Crippen LogP contribution in [0.2, 0.25) is 0 Å². The smallest absolute Gasteiger partial charge is 0.273 e. The van der Waals surface area contributed by atoms with E-state index in [2.05, 4.69) is 15.3 Å². The van der Waals surface area contributed by atoms with Gasteiger partial charge in [-0.2, -0.15) is 0 Å². The molecule has 1 amide bonds. The minimum absolute atomic E-state index is 0.0127. The third kappa shape index (κ3) is 2.83. The number of nitrogens with one attached hydrogen (secondary N) is 1. The van der Waals surface area contributed by atoms with E-state index in [0.29, 0.717) is 11.3 Å². The Balaban J connectivity index is 1.49. The van der Waals surface area contributed by atoms with Crippen molar-refractivity contribution in [1.29, 1.82) is 0 Å². The molecule has 4 rings (SSSR count). The maximum atomic E-state index is 12.6. The van der Waals surface area contributed by atoms with Crippen molar-refractivity contribution < 1.29 is 9.53 Å². The highest BCUT2D eigenvalue weighted by molar-refractivity contribution is 5.97. The first-order chi connectivity index (χ1) is 11.3. The Hall–Kier alpha value is -1.95. The van der Waals surface area contributed by atoms with Gasteiger partial charge in [-0.3, -0.25) is 4.79 Å². The molecule has 0 aromatic carbocycles. The molecule has 6 heteroatoms. The topological polar surface area (TPSA) is 68.5 Å². The standard InChI is InChI=1S/C17H22N4O2/c22-16(14-15-19-8-10-21(15)9-7-18-14)20-13-4-11-23-17(12-13)5-2-1-3-6-17/h7-10,13H,1-6,11-12H2,(H,20,22). The summed E-state index contributed by atoms with van der Waals surface area (Å²) in [4.78, 5) is 21.1. The summed E-state index contributed by atoms with van der Waals surface area (Å²) in [5.74, 6) is -0.139. The number of fused-ring (bicyclic) bond motifs is 1. The van der Waals surface area contributed by atoms with Crippen molar-refractivity contribution >= 4 is 11.6 Å². The third-order valence-electron chi connectivity index (χ3n) is 5.12. The monoisotopic (exact) mass is 314 g/mol. The van der Waals surface area contributed by atoms with Crippen LogP contribution in [0, 0.1) is 0 Å². The van der Waals surface area contributed by atoms with Gasteiger partial charge in [-0.1, -0.05) is 19.3 Å². The van der Waals surface area contributed by atoms with Crippen LogP contribution in [0.1, 0.15) is 55.4 Å². The summed E-state index contributed by atoms with van der Waals surface area (Å²) in [5, 5.41) is 3.15. The van der Waals surface area contributed by atoms with Gasteiger partial charge < -0.3 is 14.5 Å². The van der Waals surface area contributed by atoms with Gasteiger partial charge in [0.05, 0.1) is 5.60 Å². The normalized spacial score (nSPS) is 23.9. The largest absolute Gasteiger partial charge is 0.375 e. The van der Waals surface area contributed by atoms with Crippen LogP contribution in [-0.4, -0.2) is 38.5 Å². The average molecular weight is 314 g/mol. The summed E-state index contributed by atoms with van der Waals surface area (Å²) < 4.78 is 7.91. The van der Waals surface area contributed by atoms with E-state index >= 15 is 0 Å². The molecule has 122 valence electrons. The number of amides is 1. The number of nitrogens with zero attached hydrogens (tertiary/aromatic N) is 3. The summed E-state index contributed by atoms with van der Waals surface area (Å²) in [7, 11) is 0. The van der Waals surface area contributed by atoms with Gasteiger partial charge in [-0.15, -0.1) is 0 Å². The number of carbonyl (C=O) groups excluding carboxylic acids is 1. The fourth-order valence-electron chi connectivity index (χ4n) is 3.96. The first-order valence-corrected chi connectivity index (χ1v) is 8.48. The zero-order valence-corrected chi connectivity index (χ0v) is 13.2. The average Bonchev–Trinajstić information content (AvgIpc) is 3.04. The molecular weight excluding hydrogens is 292 g/mol. The van der Waals surface area contributed by atoms with E-state index in [-0.39, 0.29) is 17.6 Å². The van der Waals surface area contributed by atoms with Crippen molar-refractivity contribution in [3.05, 3.63) is 30.5 Å². The predicted molar refractivity (Wildman–Crippen MR) is 85.2 cm³/mol. The number of aromatic nitrogens is 3. The molecule has 2 fully saturated rings. The Kier molecular flexibility index (Phi) is 3.77. The predicted octanol–water partition coefficient (Wildman–Crippen LogP) is 2.34. The molecule has 2 aromatic rings. The highest BCUT2D eigenvalue weighted by Gasteiger charge is 2.39. The summed E-state index contributed by atoms with van der Waals surface area (Å²) in [5.41, 5.74) is 0.979. The van der Waals surface area contributed by atoms with Gasteiger partial charge in [-0.05, 0) is 25.7 Å². The van der Waals surface area contributed by atoms with Crippen LogP contribution < -0.4 is 5.32 Å². The van der Waals surface area contributed by atoms with Crippen LogP contribution in [0.4, 0.5) is 0 Å². The lowest BCUT2D eigenvalue weighted by Gasteiger charge is -2.43. The zero-order valence-electron chi connectivity index (χ0n) is 13.2. The molecule has 0 bridgehead atoms. The van der Waals surface area contributed by atoms with Crippen molar-refractivity contribution in [2.75, 3.05) is 6.61 Å². The van der Waals surface area contributed by atoms with Gasteiger partial charge in [-0.25, -0.2) is 9.97 Å². The van der Waals surface area contributed by atoms with E-state index in [9.17, 15) is 4.79 Å². The minimum Gasteiger partial charge on any atom is -0.375 e. The SMILES string of the molecule is O=C(NC1CCOC2(CCCCC2)C1)c1nccn2ccnc12. The molecule has 1 saturated heterocycles. The first kappa shape index (κ1) is 14.6. The Morgan fingerprint density at radius 2 is 2.00 bits per heavy atom. The van der Waals surface area contributed by atoms with E-state index in [1.54, 1.807) is 18.6 Å². The number of imidazole rings is 1. The zero-order chi connectivity index (χ0) is 15.7. The molecular formula is C17H22N4O2. The van der Waals surface area contributed by atoms with Gasteiger partial charge in [0.15, 0.2) is 11.3 Å². The quantitative estimate of drug-likeness (QED) is 0.924. The van der Waals surface area contributed by atoms with Gasteiger partial charge in [0, 0.05) is 37.4 Å². The second kappa shape index (κ2) is 5.92. The van der Waals surface area contributed by atoms with Gasteiger partial charge in [0.25, 0.3) is 5.91 Å². The van der Waals surface area contributed by atoms with Crippen molar-refractivity contribution in [3.63, 3.8) is 0 Å². The first-order valence-electron chi connectivity index (χ1n) is 8.48. The van der Waals surface area contributed by atoms with E-state index in [4.69, 9.17) is 4.74 Å². The van der Waals surface area contributed by atoms with E-state index < -0.39 is 0 Å². The number of hydrogen-bond acceptors (Lipinski definition) is 4. The van der Waals surface area contributed by atoms with E-state index in [1.165, 1.54) is 19.3 Å². The molecule has 2 aliphatic rings. The van der Waals surface area contributed by atoms with E-state index in [0.717, 1.165) is 32.3 Å². The lowest BCUT2D eigenvalue weighted by atomic mass is 9.78. The molecule has 1 atom stereocenters. The van der Waals surface area contributed by atoms with Crippen molar-refractivity contribution in [2.24, 2.45) is 0 Å². The molecule has 1 saturated carbocycles.